The highest BCUT2D eigenvalue weighted by atomic mass is 32.2. The first kappa shape index (κ1) is 12.3. The number of nitrogens with one attached hydrogen (secondary N) is 1. The summed E-state index contributed by atoms with van der Waals surface area (Å²) in [5.74, 6) is -0.442. The van der Waals surface area contributed by atoms with E-state index in [1.807, 2.05) is 0 Å². The number of nitrogens with two attached hydrogens (primary N) is 1. The minimum Gasteiger partial charge on any atom is -0.399 e. The predicted molar refractivity (Wildman–Crippen MR) is 63.3 cm³/mol. The van der Waals surface area contributed by atoms with E-state index >= 15 is 0 Å². The fourth-order valence-corrected chi connectivity index (χ4v) is 3.11. The number of hydrogen-bond acceptors (Lipinski definition) is 3. The predicted octanol–water partition coefficient (Wildman–Crippen LogP) is 1.48. The van der Waals surface area contributed by atoms with Crippen LogP contribution in [0.4, 0.5) is 10.1 Å². The minimum absolute atomic E-state index is 0.156. The van der Waals surface area contributed by atoms with Gasteiger partial charge in [0.05, 0.1) is 0 Å². The highest BCUT2D eigenvalue weighted by Crippen LogP contribution is 2.33. The third-order valence-corrected chi connectivity index (χ3v) is 4.51. The van der Waals surface area contributed by atoms with Crippen molar-refractivity contribution in [1.82, 2.24) is 4.72 Å². The second-order valence-corrected chi connectivity index (χ2v) is 6.12. The van der Waals surface area contributed by atoms with Crippen LogP contribution in [0.15, 0.2) is 23.1 Å². The maximum atomic E-state index is 13.5. The summed E-state index contributed by atoms with van der Waals surface area (Å²) in [5, 5.41) is 0. The second-order valence-electron chi connectivity index (χ2n) is 4.44. The van der Waals surface area contributed by atoms with Gasteiger partial charge in [-0.15, -0.1) is 0 Å². The van der Waals surface area contributed by atoms with Crippen LogP contribution < -0.4 is 10.5 Å². The van der Waals surface area contributed by atoms with Crippen molar-refractivity contribution in [2.24, 2.45) is 5.92 Å². The molecule has 17 heavy (non-hydrogen) atoms. The Labute approximate surface area is 100 Å². The van der Waals surface area contributed by atoms with Gasteiger partial charge in [0, 0.05) is 11.7 Å². The molecule has 0 saturated heterocycles. The zero-order chi connectivity index (χ0) is 12.6. The Morgan fingerprint density at radius 1 is 1.47 bits per heavy atom. The first-order valence-electron chi connectivity index (χ1n) is 5.47. The molecule has 1 saturated carbocycles. The van der Waals surface area contributed by atoms with E-state index < -0.39 is 15.8 Å². The number of sulfonamides is 1. The van der Waals surface area contributed by atoms with Crippen molar-refractivity contribution in [3.63, 3.8) is 0 Å². The first-order valence-corrected chi connectivity index (χ1v) is 6.96. The molecule has 0 aromatic heterocycles. The molecule has 0 radical (unpaired) electrons. The lowest BCUT2D eigenvalue weighted by molar-refractivity contribution is 0.526. The summed E-state index contributed by atoms with van der Waals surface area (Å²) in [7, 11) is -3.79. The maximum Gasteiger partial charge on any atom is 0.243 e. The van der Waals surface area contributed by atoms with Crippen molar-refractivity contribution in [1.29, 1.82) is 0 Å². The van der Waals surface area contributed by atoms with Gasteiger partial charge in [0.2, 0.25) is 10.0 Å². The van der Waals surface area contributed by atoms with E-state index in [0.717, 1.165) is 18.9 Å². The number of rotatable bonds is 4. The normalized spacial score (nSPS) is 18.0. The Morgan fingerprint density at radius 3 is 2.65 bits per heavy atom. The van der Waals surface area contributed by atoms with Gasteiger partial charge in [0.25, 0.3) is 0 Å². The van der Waals surface area contributed by atoms with E-state index in [1.165, 1.54) is 12.1 Å². The fraction of sp³-hybridized carbons (Fsp3) is 0.455. The summed E-state index contributed by atoms with van der Waals surface area (Å²) in [6, 6.07) is 3.42. The standard InChI is InChI=1S/C11H15FN2O2S/c1-7(8-2-3-8)14-17(15,16)11-5-4-9(13)6-10(11)12/h4-8,14H,2-3,13H2,1H3. The van der Waals surface area contributed by atoms with Gasteiger partial charge in [-0.2, -0.15) is 0 Å². The summed E-state index contributed by atoms with van der Waals surface area (Å²) >= 11 is 0. The van der Waals surface area contributed by atoms with Gasteiger partial charge in [-0.25, -0.2) is 17.5 Å². The topological polar surface area (TPSA) is 72.2 Å². The molecule has 1 aromatic rings. The summed E-state index contributed by atoms with van der Waals surface area (Å²) < 4.78 is 39.8. The fourth-order valence-electron chi connectivity index (χ4n) is 1.74. The zero-order valence-corrected chi connectivity index (χ0v) is 10.3. The van der Waals surface area contributed by atoms with Gasteiger partial charge >= 0.3 is 0 Å². The van der Waals surface area contributed by atoms with Gasteiger partial charge in [0.1, 0.15) is 10.7 Å². The third kappa shape index (κ3) is 2.76. The number of nitrogen functional groups attached to an aromatic ring is 1. The monoisotopic (exact) mass is 258 g/mol. The minimum atomic E-state index is -3.79. The molecule has 1 fully saturated rings. The van der Waals surface area contributed by atoms with Crippen molar-refractivity contribution in [3.05, 3.63) is 24.0 Å². The molecule has 0 aliphatic heterocycles. The van der Waals surface area contributed by atoms with Crippen molar-refractivity contribution in [3.8, 4) is 0 Å². The van der Waals surface area contributed by atoms with E-state index in [1.54, 1.807) is 6.92 Å². The SMILES string of the molecule is CC(NS(=O)(=O)c1ccc(N)cc1F)C1CC1. The van der Waals surface area contributed by atoms with Crippen LogP contribution in [0.2, 0.25) is 0 Å². The van der Waals surface area contributed by atoms with Crippen LogP contribution in [0.1, 0.15) is 19.8 Å². The Balaban J connectivity index is 2.24. The van der Waals surface area contributed by atoms with Gasteiger partial charge in [-0.05, 0) is 43.9 Å². The van der Waals surface area contributed by atoms with Crippen LogP contribution >= 0.6 is 0 Å². The smallest absolute Gasteiger partial charge is 0.243 e. The molecular weight excluding hydrogens is 243 g/mol. The van der Waals surface area contributed by atoms with Crippen LogP contribution in [0.3, 0.4) is 0 Å². The molecule has 0 amide bonds. The molecule has 1 atom stereocenters. The molecule has 4 nitrogen and oxygen atoms in total. The summed E-state index contributed by atoms with van der Waals surface area (Å²) in [5.41, 5.74) is 5.58. The largest absolute Gasteiger partial charge is 0.399 e. The van der Waals surface area contributed by atoms with Crippen LogP contribution in [0.25, 0.3) is 0 Å². The van der Waals surface area contributed by atoms with E-state index in [-0.39, 0.29) is 16.6 Å². The zero-order valence-electron chi connectivity index (χ0n) is 9.48. The molecule has 1 aliphatic rings. The van der Waals surface area contributed by atoms with Gasteiger partial charge in [-0.3, -0.25) is 0 Å². The van der Waals surface area contributed by atoms with Crippen LogP contribution in [-0.4, -0.2) is 14.5 Å². The Hall–Kier alpha value is -1.14. The summed E-state index contributed by atoms with van der Waals surface area (Å²) in [6.07, 6.45) is 2.04. The molecular formula is C11H15FN2O2S. The molecule has 3 N–H and O–H groups in total. The molecule has 1 unspecified atom stereocenters. The summed E-state index contributed by atoms with van der Waals surface area (Å²) in [4.78, 5) is -0.348. The molecule has 2 rings (SSSR count). The maximum absolute atomic E-state index is 13.5. The quantitative estimate of drug-likeness (QED) is 0.804. The van der Waals surface area contributed by atoms with Crippen molar-refractivity contribution in [2.45, 2.75) is 30.7 Å². The van der Waals surface area contributed by atoms with E-state index in [4.69, 9.17) is 5.73 Å². The van der Waals surface area contributed by atoms with Gasteiger partial charge in [-0.1, -0.05) is 0 Å². The molecule has 0 bridgehead atoms. The summed E-state index contributed by atoms with van der Waals surface area (Å²) in [6.45, 7) is 1.80. The number of halogens is 1. The molecule has 1 aliphatic carbocycles. The van der Waals surface area contributed by atoms with E-state index in [9.17, 15) is 12.8 Å². The first-order chi connectivity index (χ1) is 7.90. The number of hydrogen-bond donors (Lipinski definition) is 2. The van der Waals surface area contributed by atoms with Crippen molar-refractivity contribution >= 4 is 15.7 Å². The van der Waals surface area contributed by atoms with E-state index in [2.05, 4.69) is 4.72 Å². The lowest BCUT2D eigenvalue weighted by atomic mass is 10.2. The van der Waals surface area contributed by atoms with Crippen LogP contribution in [0, 0.1) is 11.7 Å². The highest BCUT2D eigenvalue weighted by Gasteiger charge is 2.32. The average molecular weight is 258 g/mol. The molecule has 0 heterocycles. The second kappa shape index (κ2) is 4.27. The highest BCUT2D eigenvalue weighted by molar-refractivity contribution is 7.89. The molecule has 1 aromatic carbocycles. The molecule has 94 valence electrons. The lowest BCUT2D eigenvalue weighted by Crippen LogP contribution is -2.34. The van der Waals surface area contributed by atoms with Gasteiger partial charge in [0.15, 0.2) is 0 Å². The van der Waals surface area contributed by atoms with Crippen molar-refractivity contribution < 1.29 is 12.8 Å². The Bertz CT molecular complexity index is 526. The third-order valence-electron chi connectivity index (χ3n) is 2.92. The number of anilines is 1. The van der Waals surface area contributed by atoms with Crippen molar-refractivity contribution in [2.75, 3.05) is 5.73 Å². The lowest BCUT2D eigenvalue weighted by Gasteiger charge is -2.13. The van der Waals surface area contributed by atoms with Crippen LogP contribution in [-0.2, 0) is 10.0 Å². The average Bonchev–Trinajstić information content (AvgIpc) is 2.98. The Morgan fingerprint density at radius 2 is 2.12 bits per heavy atom. The van der Waals surface area contributed by atoms with E-state index in [0.29, 0.717) is 5.92 Å². The number of benzene rings is 1. The van der Waals surface area contributed by atoms with Gasteiger partial charge < -0.3 is 5.73 Å². The molecule has 6 heteroatoms. The van der Waals surface area contributed by atoms with Crippen LogP contribution in [0.5, 0.6) is 0 Å². The molecule has 0 spiro atoms. The Kier molecular flexibility index (Phi) is 3.09.